The first-order valence-corrected chi connectivity index (χ1v) is 10.9. The van der Waals surface area contributed by atoms with Crippen LogP contribution in [0.15, 0.2) is 35.2 Å². The summed E-state index contributed by atoms with van der Waals surface area (Å²) >= 11 is 1.44. The normalized spacial score (nSPS) is 14.1. The number of nitrogens with two attached hydrogens (primary N) is 1. The Bertz CT molecular complexity index is 925. The molecule has 1 aliphatic carbocycles. The number of carbonyl (C=O) groups excluding carboxylic acids is 2. The molecule has 0 spiro atoms. The third-order valence-electron chi connectivity index (χ3n) is 4.25. The number of rotatable bonds is 5. The van der Waals surface area contributed by atoms with E-state index in [1.54, 1.807) is 0 Å². The SMILES string of the molecule is NS(=O)(=O)c1ccc(NC(=O)COC(=O)c2cc3c(s2)CCCCC3)cc1. The quantitative estimate of drug-likeness (QED) is 0.582. The van der Waals surface area contributed by atoms with E-state index in [-0.39, 0.29) is 4.90 Å². The zero-order valence-electron chi connectivity index (χ0n) is 14.6. The summed E-state index contributed by atoms with van der Waals surface area (Å²) in [5, 5.41) is 7.55. The van der Waals surface area contributed by atoms with Crippen LogP contribution in [0, 0.1) is 0 Å². The van der Waals surface area contributed by atoms with Gasteiger partial charge in [-0.05, 0) is 61.6 Å². The Labute approximate surface area is 161 Å². The van der Waals surface area contributed by atoms with Gasteiger partial charge in [-0.15, -0.1) is 11.3 Å². The number of benzene rings is 1. The van der Waals surface area contributed by atoms with Gasteiger partial charge in [0.1, 0.15) is 4.88 Å². The van der Waals surface area contributed by atoms with E-state index in [0.29, 0.717) is 10.6 Å². The molecule has 1 amide bonds. The minimum Gasteiger partial charge on any atom is -0.451 e. The fourth-order valence-electron chi connectivity index (χ4n) is 2.90. The lowest BCUT2D eigenvalue weighted by molar-refractivity contribution is -0.119. The lowest BCUT2D eigenvalue weighted by Gasteiger charge is -2.06. The highest BCUT2D eigenvalue weighted by atomic mass is 32.2. The Hall–Kier alpha value is -2.23. The number of aryl methyl sites for hydroxylation is 2. The highest BCUT2D eigenvalue weighted by molar-refractivity contribution is 7.89. The van der Waals surface area contributed by atoms with E-state index in [4.69, 9.17) is 9.88 Å². The maximum atomic E-state index is 12.2. The van der Waals surface area contributed by atoms with Crippen molar-refractivity contribution in [3.8, 4) is 0 Å². The number of nitrogens with one attached hydrogen (secondary N) is 1. The Morgan fingerprint density at radius 2 is 1.81 bits per heavy atom. The zero-order valence-corrected chi connectivity index (χ0v) is 16.2. The average Bonchev–Trinajstić information content (AvgIpc) is 2.90. The van der Waals surface area contributed by atoms with Crippen molar-refractivity contribution in [3.05, 3.63) is 45.6 Å². The molecule has 1 aliphatic rings. The van der Waals surface area contributed by atoms with Crippen molar-refractivity contribution in [1.82, 2.24) is 0 Å². The minimum atomic E-state index is -3.78. The van der Waals surface area contributed by atoms with Gasteiger partial charge < -0.3 is 10.1 Å². The van der Waals surface area contributed by atoms with E-state index in [0.717, 1.165) is 25.7 Å². The van der Waals surface area contributed by atoms with Crippen LogP contribution in [0.25, 0.3) is 0 Å². The first-order valence-electron chi connectivity index (χ1n) is 8.54. The molecule has 7 nitrogen and oxygen atoms in total. The first kappa shape index (κ1) is 19.5. The van der Waals surface area contributed by atoms with Crippen LogP contribution in [-0.4, -0.2) is 26.9 Å². The second-order valence-corrected chi connectivity index (χ2v) is 9.01. The molecule has 1 aromatic carbocycles. The number of ether oxygens (including phenoxy) is 1. The number of carbonyl (C=O) groups is 2. The number of esters is 1. The molecule has 0 fully saturated rings. The minimum absolute atomic E-state index is 0.0515. The van der Waals surface area contributed by atoms with E-state index in [2.05, 4.69) is 5.32 Å². The van der Waals surface area contributed by atoms with Gasteiger partial charge in [-0.2, -0.15) is 0 Å². The summed E-state index contributed by atoms with van der Waals surface area (Å²) < 4.78 is 27.5. The lowest BCUT2D eigenvalue weighted by Crippen LogP contribution is -2.20. The van der Waals surface area contributed by atoms with E-state index in [1.165, 1.54) is 52.5 Å². The second-order valence-electron chi connectivity index (χ2n) is 6.31. The number of primary sulfonamides is 1. The maximum Gasteiger partial charge on any atom is 0.348 e. The second kappa shape index (κ2) is 8.20. The van der Waals surface area contributed by atoms with Crippen molar-refractivity contribution in [2.45, 2.75) is 37.0 Å². The van der Waals surface area contributed by atoms with Crippen LogP contribution in [0.5, 0.6) is 0 Å². The molecular weight excluding hydrogens is 388 g/mol. The summed E-state index contributed by atoms with van der Waals surface area (Å²) in [7, 11) is -3.78. The Morgan fingerprint density at radius 1 is 1.11 bits per heavy atom. The predicted molar refractivity (Wildman–Crippen MR) is 102 cm³/mol. The van der Waals surface area contributed by atoms with Crippen LogP contribution < -0.4 is 10.5 Å². The molecule has 0 atom stereocenters. The largest absolute Gasteiger partial charge is 0.451 e. The smallest absolute Gasteiger partial charge is 0.348 e. The average molecular weight is 409 g/mol. The standard InChI is InChI=1S/C18H20N2O5S2/c19-27(23,24)14-8-6-13(7-9-14)20-17(21)11-25-18(22)16-10-12-4-2-1-3-5-15(12)26-16/h6-10H,1-5,11H2,(H,20,21)(H2,19,23,24). The summed E-state index contributed by atoms with van der Waals surface area (Å²) in [4.78, 5) is 25.8. The van der Waals surface area contributed by atoms with Gasteiger partial charge in [-0.3, -0.25) is 4.79 Å². The molecule has 0 radical (unpaired) electrons. The topological polar surface area (TPSA) is 116 Å². The van der Waals surface area contributed by atoms with Crippen LogP contribution in [-0.2, 0) is 32.4 Å². The zero-order chi connectivity index (χ0) is 19.4. The fraction of sp³-hybridized carbons (Fsp3) is 0.333. The Balaban J connectivity index is 1.54. The van der Waals surface area contributed by atoms with E-state index < -0.39 is 28.5 Å². The van der Waals surface area contributed by atoms with Gasteiger partial charge in [0, 0.05) is 10.6 Å². The Kier molecular flexibility index (Phi) is 5.93. The Morgan fingerprint density at radius 3 is 2.52 bits per heavy atom. The molecule has 3 N–H and O–H groups in total. The predicted octanol–water partition coefficient (Wildman–Crippen LogP) is 2.46. The number of hydrogen-bond acceptors (Lipinski definition) is 6. The number of thiophene rings is 1. The van der Waals surface area contributed by atoms with Crippen molar-refractivity contribution in [1.29, 1.82) is 0 Å². The van der Waals surface area contributed by atoms with Gasteiger partial charge in [0.25, 0.3) is 5.91 Å². The van der Waals surface area contributed by atoms with Crippen LogP contribution in [0.2, 0.25) is 0 Å². The van der Waals surface area contributed by atoms with Crippen LogP contribution >= 0.6 is 11.3 Å². The number of sulfonamides is 1. The molecule has 0 saturated heterocycles. The molecule has 3 rings (SSSR count). The number of fused-ring (bicyclic) bond motifs is 1. The molecule has 1 aromatic heterocycles. The highest BCUT2D eigenvalue weighted by Gasteiger charge is 2.18. The fourth-order valence-corrected chi connectivity index (χ4v) is 4.56. The van der Waals surface area contributed by atoms with Gasteiger partial charge in [0.05, 0.1) is 4.90 Å². The van der Waals surface area contributed by atoms with Crippen LogP contribution in [0.3, 0.4) is 0 Å². The monoisotopic (exact) mass is 408 g/mol. The van der Waals surface area contributed by atoms with Gasteiger partial charge in [0.15, 0.2) is 6.61 Å². The molecule has 0 saturated carbocycles. The third kappa shape index (κ3) is 5.15. The molecule has 2 aromatic rings. The molecule has 0 bridgehead atoms. The number of hydrogen-bond donors (Lipinski definition) is 2. The van der Waals surface area contributed by atoms with Gasteiger partial charge >= 0.3 is 5.97 Å². The van der Waals surface area contributed by atoms with Crippen molar-refractivity contribution < 1.29 is 22.7 Å². The number of amides is 1. The van der Waals surface area contributed by atoms with Crippen molar-refractivity contribution >= 4 is 38.9 Å². The van der Waals surface area contributed by atoms with Crippen molar-refractivity contribution in [2.24, 2.45) is 5.14 Å². The van der Waals surface area contributed by atoms with Crippen LogP contribution in [0.4, 0.5) is 5.69 Å². The molecule has 144 valence electrons. The first-order chi connectivity index (χ1) is 12.8. The molecule has 9 heteroatoms. The lowest BCUT2D eigenvalue weighted by atomic mass is 10.1. The highest BCUT2D eigenvalue weighted by Crippen LogP contribution is 2.29. The van der Waals surface area contributed by atoms with Crippen molar-refractivity contribution in [2.75, 3.05) is 11.9 Å². The summed E-state index contributed by atoms with van der Waals surface area (Å²) in [5.74, 6) is -1.02. The molecule has 0 unspecified atom stereocenters. The third-order valence-corrected chi connectivity index (χ3v) is 6.40. The van der Waals surface area contributed by atoms with E-state index >= 15 is 0 Å². The van der Waals surface area contributed by atoms with E-state index in [1.807, 2.05) is 6.07 Å². The summed E-state index contributed by atoms with van der Waals surface area (Å²) in [5.41, 5.74) is 1.59. The molecule has 27 heavy (non-hydrogen) atoms. The maximum absolute atomic E-state index is 12.2. The van der Waals surface area contributed by atoms with E-state index in [9.17, 15) is 18.0 Å². The number of anilines is 1. The van der Waals surface area contributed by atoms with Crippen molar-refractivity contribution in [3.63, 3.8) is 0 Å². The van der Waals surface area contributed by atoms with Gasteiger partial charge in [-0.25, -0.2) is 18.4 Å². The van der Waals surface area contributed by atoms with Gasteiger partial charge in [-0.1, -0.05) is 6.42 Å². The summed E-state index contributed by atoms with van der Waals surface area (Å²) in [6.07, 6.45) is 5.44. The molecule has 1 heterocycles. The van der Waals surface area contributed by atoms with Crippen LogP contribution in [0.1, 0.15) is 39.4 Å². The summed E-state index contributed by atoms with van der Waals surface area (Å²) in [6, 6.07) is 7.27. The summed E-state index contributed by atoms with van der Waals surface area (Å²) in [6.45, 7) is -0.418. The molecule has 0 aliphatic heterocycles. The van der Waals surface area contributed by atoms with Gasteiger partial charge in [0.2, 0.25) is 10.0 Å². The molecular formula is C18H20N2O5S2.